The maximum absolute atomic E-state index is 11.6. The van der Waals surface area contributed by atoms with E-state index < -0.39 is 11.4 Å². The summed E-state index contributed by atoms with van der Waals surface area (Å²) < 4.78 is 0. The smallest absolute Gasteiger partial charge is 0.309 e. The minimum absolute atomic E-state index is 0.171. The van der Waals surface area contributed by atoms with Crippen molar-refractivity contribution in [2.45, 2.75) is 26.7 Å². The number of carbonyl (C=O) groups excluding carboxylic acids is 2. The molecule has 7 heteroatoms. The first-order chi connectivity index (χ1) is 9.83. The molecular weight excluding hydrogens is 292 g/mol. The van der Waals surface area contributed by atoms with Gasteiger partial charge in [-0.05, 0) is 31.7 Å². The van der Waals surface area contributed by atoms with E-state index in [4.69, 9.17) is 5.11 Å². The van der Waals surface area contributed by atoms with Crippen molar-refractivity contribution >= 4 is 29.1 Å². The van der Waals surface area contributed by atoms with Gasteiger partial charge < -0.3 is 15.7 Å². The van der Waals surface area contributed by atoms with E-state index in [1.807, 2.05) is 5.38 Å². The highest BCUT2D eigenvalue weighted by Gasteiger charge is 2.26. The minimum atomic E-state index is -0.889. The molecule has 1 rings (SSSR count). The van der Waals surface area contributed by atoms with Gasteiger partial charge in [0.15, 0.2) is 0 Å². The number of hydrogen-bond donors (Lipinski definition) is 3. The molecule has 0 spiro atoms. The number of thiophene rings is 1. The van der Waals surface area contributed by atoms with Crippen LogP contribution in [0, 0.1) is 5.41 Å². The molecule has 116 valence electrons. The number of carboxylic acid groups (broad SMARTS) is 1. The lowest BCUT2D eigenvalue weighted by atomic mass is 9.90. The average Bonchev–Trinajstić information content (AvgIpc) is 2.92. The maximum Gasteiger partial charge on any atom is 0.309 e. The van der Waals surface area contributed by atoms with Crippen LogP contribution in [0.4, 0.5) is 0 Å². The van der Waals surface area contributed by atoms with E-state index in [0.717, 1.165) is 0 Å². The Morgan fingerprint density at radius 3 is 2.52 bits per heavy atom. The Bertz CT molecular complexity index is 497. The van der Waals surface area contributed by atoms with Crippen LogP contribution in [-0.2, 0) is 9.59 Å². The third-order valence-corrected chi connectivity index (χ3v) is 3.90. The number of carbonyl (C=O) groups is 3. The van der Waals surface area contributed by atoms with Crippen LogP contribution in [0.15, 0.2) is 17.5 Å². The molecule has 3 N–H and O–H groups in total. The molecular formula is C14H20N2O4S. The summed E-state index contributed by atoms with van der Waals surface area (Å²) >= 11 is 1.34. The molecule has 0 unspecified atom stereocenters. The topological polar surface area (TPSA) is 95.5 Å². The monoisotopic (exact) mass is 312 g/mol. The van der Waals surface area contributed by atoms with E-state index >= 15 is 0 Å². The van der Waals surface area contributed by atoms with Crippen molar-refractivity contribution in [1.82, 2.24) is 10.6 Å². The van der Waals surface area contributed by atoms with E-state index in [2.05, 4.69) is 10.6 Å². The van der Waals surface area contributed by atoms with Gasteiger partial charge in [0.25, 0.3) is 5.91 Å². The van der Waals surface area contributed by atoms with Gasteiger partial charge >= 0.3 is 5.97 Å². The molecule has 0 radical (unpaired) electrons. The second-order valence-electron chi connectivity index (χ2n) is 5.27. The number of nitrogens with one attached hydrogen (secondary N) is 2. The van der Waals surface area contributed by atoms with Gasteiger partial charge in [0.05, 0.1) is 10.3 Å². The zero-order chi connectivity index (χ0) is 15.9. The van der Waals surface area contributed by atoms with Crippen LogP contribution >= 0.6 is 11.3 Å². The second kappa shape index (κ2) is 7.78. The molecule has 1 heterocycles. The van der Waals surface area contributed by atoms with E-state index in [1.165, 1.54) is 11.3 Å². The normalized spacial score (nSPS) is 11.0. The summed E-state index contributed by atoms with van der Waals surface area (Å²) in [5.74, 6) is -1.28. The van der Waals surface area contributed by atoms with Gasteiger partial charge in [0.1, 0.15) is 0 Å². The van der Waals surface area contributed by atoms with Crippen molar-refractivity contribution in [3.8, 4) is 0 Å². The molecule has 1 aromatic rings. The molecule has 21 heavy (non-hydrogen) atoms. The lowest BCUT2D eigenvalue weighted by Crippen LogP contribution is -2.34. The number of hydrogen-bond acceptors (Lipinski definition) is 4. The maximum atomic E-state index is 11.6. The number of rotatable bonds is 8. The van der Waals surface area contributed by atoms with E-state index in [9.17, 15) is 14.4 Å². The Labute approximate surface area is 127 Å². The van der Waals surface area contributed by atoms with Crippen LogP contribution < -0.4 is 10.6 Å². The lowest BCUT2D eigenvalue weighted by molar-refractivity contribution is -0.147. The summed E-state index contributed by atoms with van der Waals surface area (Å²) in [4.78, 5) is 34.7. The third kappa shape index (κ3) is 5.95. The molecule has 6 nitrogen and oxygen atoms in total. The Morgan fingerprint density at radius 1 is 1.24 bits per heavy atom. The summed E-state index contributed by atoms with van der Waals surface area (Å²) in [5, 5.41) is 16.1. The largest absolute Gasteiger partial charge is 0.481 e. The van der Waals surface area contributed by atoms with E-state index in [1.54, 1.807) is 26.0 Å². The Balaban J connectivity index is 2.17. The van der Waals surface area contributed by atoms with Crippen molar-refractivity contribution in [2.24, 2.45) is 5.41 Å². The number of amides is 2. The minimum Gasteiger partial charge on any atom is -0.481 e. The number of aliphatic carboxylic acids is 1. The van der Waals surface area contributed by atoms with Crippen molar-refractivity contribution < 1.29 is 19.5 Å². The molecule has 0 saturated heterocycles. The van der Waals surface area contributed by atoms with Crippen LogP contribution in [0.5, 0.6) is 0 Å². The fourth-order valence-corrected chi connectivity index (χ4v) is 2.13. The van der Waals surface area contributed by atoms with Crippen LogP contribution in [0.3, 0.4) is 0 Å². The fourth-order valence-electron chi connectivity index (χ4n) is 1.49. The van der Waals surface area contributed by atoms with Crippen molar-refractivity contribution in [3.63, 3.8) is 0 Å². The first-order valence-corrected chi connectivity index (χ1v) is 7.53. The Morgan fingerprint density at radius 2 is 1.95 bits per heavy atom. The molecule has 0 aromatic carbocycles. The highest BCUT2D eigenvalue weighted by molar-refractivity contribution is 7.12. The van der Waals surface area contributed by atoms with E-state index in [0.29, 0.717) is 17.8 Å². The third-order valence-electron chi connectivity index (χ3n) is 3.03. The van der Waals surface area contributed by atoms with Crippen molar-refractivity contribution in [3.05, 3.63) is 22.4 Å². The summed E-state index contributed by atoms with van der Waals surface area (Å²) in [7, 11) is 0. The summed E-state index contributed by atoms with van der Waals surface area (Å²) in [5.41, 5.74) is -0.860. The van der Waals surface area contributed by atoms with Gasteiger partial charge in [-0.25, -0.2) is 0 Å². The zero-order valence-electron chi connectivity index (χ0n) is 12.1. The summed E-state index contributed by atoms with van der Waals surface area (Å²) in [6.45, 7) is 3.79. The molecule has 1 aromatic heterocycles. The lowest BCUT2D eigenvalue weighted by Gasteiger charge is -2.18. The Kier molecular flexibility index (Phi) is 6.36. The SMILES string of the molecule is CC(C)(CCNC(=O)CCNC(=O)c1cccs1)C(=O)O. The molecule has 0 aliphatic carbocycles. The van der Waals surface area contributed by atoms with Gasteiger partial charge in [-0.15, -0.1) is 11.3 Å². The molecule has 2 amide bonds. The van der Waals surface area contributed by atoms with Crippen LogP contribution in [0.1, 0.15) is 36.4 Å². The molecule has 0 saturated carbocycles. The number of carboxylic acids is 1. The summed E-state index contributed by atoms with van der Waals surface area (Å²) in [6.07, 6.45) is 0.528. The molecule has 0 fully saturated rings. The molecule has 0 bridgehead atoms. The molecule has 0 aliphatic rings. The van der Waals surface area contributed by atoms with Crippen molar-refractivity contribution in [2.75, 3.05) is 13.1 Å². The quantitative estimate of drug-likeness (QED) is 0.677. The highest BCUT2D eigenvalue weighted by atomic mass is 32.1. The average molecular weight is 312 g/mol. The predicted molar refractivity (Wildman–Crippen MR) is 80.3 cm³/mol. The first kappa shape index (κ1) is 17.2. The fraction of sp³-hybridized carbons (Fsp3) is 0.500. The highest BCUT2D eigenvalue weighted by Crippen LogP contribution is 2.19. The standard InChI is InChI=1S/C14H20N2O4S/c1-14(2,13(19)20)6-8-15-11(17)5-7-16-12(18)10-4-3-9-21-10/h3-4,9H,5-8H2,1-2H3,(H,15,17)(H,16,18)(H,19,20). The van der Waals surface area contributed by atoms with Gasteiger partial charge in [-0.3, -0.25) is 14.4 Å². The van der Waals surface area contributed by atoms with Gasteiger partial charge in [0.2, 0.25) is 5.91 Å². The van der Waals surface area contributed by atoms with Gasteiger partial charge in [0, 0.05) is 19.5 Å². The van der Waals surface area contributed by atoms with Crippen LogP contribution in [0.25, 0.3) is 0 Å². The second-order valence-corrected chi connectivity index (χ2v) is 6.22. The predicted octanol–water partition coefficient (Wildman–Crippen LogP) is 1.49. The van der Waals surface area contributed by atoms with Gasteiger partial charge in [-0.1, -0.05) is 6.07 Å². The molecule has 0 atom stereocenters. The zero-order valence-corrected chi connectivity index (χ0v) is 13.0. The molecule has 0 aliphatic heterocycles. The van der Waals surface area contributed by atoms with Crippen LogP contribution in [-0.4, -0.2) is 36.0 Å². The van der Waals surface area contributed by atoms with E-state index in [-0.39, 0.29) is 24.8 Å². The van der Waals surface area contributed by atoms with Gasteiger partial charge in [-0.2, -0.15) is 0 Å². The Hall–Kier alpha value is -1.89. The van der Waals surface area contributed by atoms with Crippen molar-refractivity contribution in [1.29, 1.82) is 0 Å². The first-order valence-electron chi connectivity index (χ1n) is 6.65. The summed E-state index contributed by atoms with van der Waals surface area (Å²) in [6, 6.07) is 3.50. The van der Waals surface area contributed by atoms with Crippen LogP contribution in [0.2, 0.25) is 0 Å².